The molecule has 1 unspecified atom stereocenters. The first kappa shape index (κ1) is 26.4. The lowest BCUT2D eigenvalue weighted by Crippen LogP contribution is -2.49. The minimum absolute atomic E-state index is 0.0294. The predicted octanol–water partition coefficient (Wildman–Crippen LogP) is 2.86. The highest BCUT2D eigenvalue weighted by Crippen LogP contribution is 2.27. The Bertz CT molecular complexity index is 1110. The Labute approximate surface area is 201 Å². The fraction of sp³-hybridized carbons (Fsp3) is 0.346. The number of nitrogens with zero attached hydrogens (tertiary/aromatic N) is 1. The van der Waals surface area contributed by atoms with Gasteiger partial charge in [-0.2, -0.15) is 0 Å². The fourth-order valence-corrected chi connectivity index (χ4v) is 3.56. The molecule has 6 N–H and O–H groups in total. The number of amidine groups is 1. The average molecular weight is 464 g/mol. The molecule has 0 aliphatic rings. The smallest absolute Gasteiger partial charge is 0.305 e. The summed E-state index contributed by atoms with van der Waals surface area (Å²) >= 11 is 0. The summed E-state index contributed by atoms with van der Waals surface area (Å²) in [4.78, 5) is 26.0. The van der Waals surface area contributed by atoms with Gasteiger partial charge in [-0.15, -0.1) is 0 Å². The Balaban J connectivity index is 2.20. The third kappa shape index (κ3) is 6.83. The van der Waals surface area contributed by atoms with Gasteiger partial charge in [-0.3, -0.25) is 15.0 Å². The predicted molar refractivity (Wildman–Crippen MR) is 136 cm³/mol. The van der Waals surface area contributed by atoms with Gasteiger partial charge < -0.3 is 26.4 Å². The molecule has 0 spiro atoms. The first-order valence-corrected chi connectivity index (χ1v) is 11.1. The quantitative estimate of drug-likeness (QED) is 0.221. The number of aliphatic carboxylic acids is 1. The molecule has 34 heavy (non-hydrogen) atoms. The van der Waals surface area contributed by atoms with Gasteiger partial charge in [0, 0.05) is 28.5 Å². The number of likely N-dealkylation sites (N-methyl/N-ethyl adjacent to an activating group) is 1. The second-order valence-corrected chi connectivity index (χ2v) is 8.34. The summed E-state index contributed by atoms with van der Waals surface area (Å²) in [5.41, 5.74) is 10.4. The number of carboxylic acid groups (broad SMARTS) is 1. The van der Waals surface area contributed by atoms with Gasteiger partial charge in [-0.1, -0.05) is 11.8 Å². The lowest BCUT2D eigenvalue weighted by Gasteiger charge is -2.32. The van der Waals surface area contributed by atoms with E-state index in [0.717, 1.165) is 28.1 Å². The van der Waals surface area contributed by atoms with E-state index in [4.69, 9.17) is 16.2 Å². The molecule has 0 saturated carbocycles. The van der Waals surface area contributed by atoms with E-state index in [1.165, 1.54) is 0 Å². The highest BCUT2D eigenvalue weighted by molar-refractivity contribution is 6.00. The number of benzene rings is 2. The monoisotopic (exact) mass is 463 g/mol. The summed E-state index contributed by atoms with van der Waals surface area (Å²) in [6.07, 6.45) is -0.287. The molecule has 2 rings (SSSR count). The third-order valence-corrected chi connectivity index (χ3v) is 5.38. The van der Waals surface area contributed by atoms with Crippen LogP contribution in [0, 0.1) is 31.1 Å². The van der Waals surface area contributed by atoms with Gasteiger partial charge in [0.2, 0.25) is 5.91 Å². The normalized spacial score (nSPS) is 11.4. The molecule has 8 heteroatoms. The molecular formula is C26H33N5O3. The van der Waals surface area contributed by atoms with Crippen molar-refractivity contribution in [3.05, 3.63) is 58.7 Å². The van der Waals surface area contributed by atoms with Gasteiger partial charge in [0.25, 0.3) is 0 Å². The van der Waals surface area contributed by atoms with Crippen LogP contribution in [0.5, 0.6) is 0 Å². The number of nitrogens with two attached hydrogens (primary N) is 1. The van der Waals surface area contributed by atoms with Crippen LogP contribution in [0.1, 0.15) is 42.5 Å². The van der Waals surface area contributed by atoms with Crippen LogP contribution in [0.3, 0.4) is 0 Å². The van der Waals surface area contributed by atoms with Crippen molar-refractivity contribution in [2.24, 2.45) is 5.73 Å². The first-order chi connectivity index (χ1) is 16.0. The number of hydrogen-bond acceptors (Lipinski definition) is 5. The maximum atomic E-state index is 13.1. The molecule has 0 aromatic heterocycles. The van der Waals surface area contributed by atoms with Crippen molar-refractivity contribution in [3.8, 4) is 11.8 Å². The van der Waals surface area contributed by atoms with Crippen molar-refractivity contribution in [2.75, 3.05) is 23.8 Å². The number of aryl methyl sites for hydroxylation is 2. The second kappa shape index (κ2) is 11.9. The van der Waals surface area contributed by atoms with E-state index in [1.807, 2.05) is 52.0 Å². The fourth-order valence-electron chi connectivity index (χ4n) is 3.56. The van der Waals surface area contributed by atoms with E-state index in [-0.39, 0.29) is 24.2 Å². The molecule has 0 bridgehead atoms. The lowest BCUT2D eigenvalue weighted by molar-refractivity contribution is -0.139. The Hall–Kier alpha value is -3.83. The molecule has 2 aromatic carbocycles. The zero-order valence-electron chi connectivity index (χ0n) is 20.3. The Morgan fingerprint density at radius 3 is 2.32 bits per heavy atom. The van der Waals surface area contributed by atoms with E-state index in [9.17, 15) is 9.59 Å². The number of hydrogen-bond donors (Lipinski definition) is 5. The summed E-state index contributed by atoms with van der Waals surface area (Å²) in [5.74, 6) is 5.02. The highest BCUT2D eigenvalue weighted by Gasteiger charge is 2.29. The average Bonchev–Trinajstić information content (AvgIpc) is 2.77. The maximum Gasteiger partial charge on any atom is 0.305 e. The molecule has 0 radical (unpaired) electrons. The van der Waals surface area contributed by atoms with E-state index in [1.54, 1.807) is 24.1 Å². The van der Waals surface area contributed by atoms with Gasteiger partial charge in [0.15, 0.2) is 0 Å². The topological polar surface area (TPSA) is 132 Å². The standard InChI is InChI=1S/C26H33N5O3/c1-16(2)31(26(34)22(29-5)15-24(32)33)23-14-17(3)20(13-18(23)4)7-6-12-30-21-10-8-19(9-11-21)25(27)28/h8-11,13-14,16,22,29-30H,12,15H2,1-5H3,(H3,27,28)(H,32,33). The molecule has 0 heterocycles. The lowest BCUT2D eigenvalue weighted by atomic mass is 10.0. The summed E-state index contributed by atoms with van der Waals surface area (Å²) in [6, 6.07) is 10.2. The van der Waals surface area contributed by atoms with Gasteiger partial charge in [0.05, 0.1) is 19.0 Å². The molecular weight excluding hydrogens is 430 g/mol. The van der Waals surface area contributed by atoms with Crippen molar-refractivity contribution < 1.29 is 14.7 Å². The number of nitrogens with one attached hydrogen (secondary N) is 3. The first-order valence-electron chi connectivity index (χ1n) is 11.1. The van der Waals surface area contributed by atoms with Crippen LogP contribution >= 0.6 is 0 Å². The largest absolute Gasteiger partial charge is 0.481 e. The molecule has 0 aliphatic carbocycles. The number of rotatable bonds is 9. The molecule has 8 nitrogen and oxygen atoms in total. The number of carboxylic acids is 1. The van der Waals surface area contributed by atoms with Crippen molar-refractivity contribution in [1.29, 1.82) is 5.41 Å². The van der Waals surface area contributed by atoms with E-state index >= 15 is 0 Å². The molecule has 1 atom stereocenters. The Morgan fingerprint density at radius 2 is 1.79 bits per heavy atom. The number of carbonyl (C=O) groups is 2. The molecule has 0 saturated heterocycles. The number of amides is 1. The summed E-state index contributed by atoms with van der Waals surface area (Å²) in [5, 5.41) is 22.6. The van der Waals surface area contributed by atoms with Crippen LogP contribution < -0.4 is 21.3 Å². The van der Waals surface area contributed by atoms with Crippen molar-refractivity contribution >= 4 is 29.1 Å². The van der Waals surface area contributed by atoms with E-state index in [2.05, 4.69) is 22.5 Å². The highest BCUT2D eigenvalue weighted by atomic mass is 16.4. The molecule has 0 aliphatic heterocycles. The van der Waals surface area contributed by atoms with Crippen LogP contribution in [0.2, 0.25) is 0 Å². The minimum atomic E-state index is -1.03. The van der Waals surface area contributed by atoms with Crippen LogP contribution in [-0.4, -0.2) is 48.5 Å². The number of nitrogen functional groups attached to an aromatic ring is 1. The Morgan fingerprint density at radius 1 is 1.15 bits per heavy atom. The summed E-state index contributed by atoms with van der Waals surface area (Å²) in [7, 11) is 1.59. The minimum Gasteiger partial charge on any atom is -0.481 e. The van der Waals surface area contributed by atoms with Crippen molar-refractivity contribution in [3.63, 3.8) is 0 Å². The van der Waals surface area contributed by atoms with Crippen LogP contribution in [0.4, 0.5) is 11.4 Å². The molecule has 180 valence electrons. The van der Waals surface area contributed by atoms with E-state index < -0.39 is 12.0 Å². The maximum absolute atomic E-state index is 13.1. The third-order valence-electron chi connectivity index (χ3n) is 5.38. The Kier molecular flexibility index (Phi) is 9.22. The molecule has 0 fully saturated rings. The number of carbonyl (C=O) groups excluding carboxylic acids is 1. The van der Waals surface area contributed by atoms with Crippen LogP contribution in [0.25, 0.3) is 0 Å². The number of anilines is 2. The van der Waals surface area contributed by atoms with E-state index in [0.29, 0.717) is 12.1 Å². The van der Waals surface area contributed by atoms with Gasteiger partial charge in [0.1, 0.15) is 5.84 Å². The zero-order valence-corrected chi connectivity index (χ0v) is 20.3. The zero-order chi connectivity index (χ0) is 25.4. The van der Waals surface area contributed by atoms with Crippen molar-refractivity contribution in [2.45, 2.75) is 46.2 Å². The SMILES string of the molecule is CNC(CC(=O)O)C(=O)N(c1cc(C)c(C#CCNc2ccc(C(=N)N)cc2)cc1C)C(C)C. The molecule has 2 aromatic rings. The van der Waals surface area contributed by atoms with Crippen molar-refractivity contribution in [1.82, 2.24) is 5.32 Å². The molecule has 1 amide bonds. The van der Waals surface area contributed by atoms with Gasteiger partial charge >= 0.3 is 5.97 Å². The van der Waals surface area contributed by atoms with Crippen LogP contribution in [0.15, 0.2) is 36.4 Å². The second-order valence-electron chi connectivity index (χ2n) is 8.34. The summed E-state index contributed by atoms with van der Waals surface area (Å²) in [6.45, 7) is 8.11. The van der Waals surface area contributed by atoms with Crippen LogP contribution in [-0.2, 0) is 9.59 Å². The van der Waals surface area contributed by atoms with Gasteiger partial charge in [-0.25, -0.2) is 0 Å². The summed E-state index contributed by atoms with van der Waals surface area (Å²) < 4.78 is 0. The van der Waals surface area contributed by atoms with Gasteiger partial charge in [-0.05, 0) is 82.3 Å².